The molecule has 4 nitrogen and oxygen atoms in total. The lowest BCUT2D eigenvalue weighted by Crippen LogP contribution is -2.30. The van der Waals surface area contributed by atoms with Crippen LogP contribution in [0.5, 0.6) is 5.75 Å². The molecule has 0 aliphatic rings. The summed E-state index contributed by atoms with van der Waals surface area (Å²) < 4.78 is 44.1. The van der Waals surface area contributed by atoms with Crippen LogP contribution in [0.1, 0.15) is 11.1 Å². The van der Waals surface area contributed by atoms with Gasteiger partial charge in [0, 0.05) is 6.54 Å². The van der Waals surface area contributed by atoms with Crippen molar-refractivity contribution < 1.29 is 22.7 Å². The Hall–Kier alpha value is -1.93. The molecule has 0 spiro atoms. The summed E-state index contributed by atoms with van der Waals surface area (Å²) in [7, 11) is 1.56. The molecule has 9 heteroatoms. The van der Waals surface area contributed by atoms with Gasteiger partial charge in [-0.15, -0.1) is 0 Å². The molecule has 0 aliphatic heterocycles. The van der Waals surface area contributed by atoms with Gasteiger partial charge in [0.15, 0.2) is 0 Å². The van der Waals surface area contributed by atoms with Crippen LogP contribution < -0.4 is 15.4 Å². The number of hydrogen-bond donors (Lipinski definition) is 2. The normalized spacial score (nSPS) is 11.2. The predicted molar refractivity (Wildman–Crippen MR) is 97.9 cm³/mol. The van der Waals surface area contributed by atoms with Crippen LogP contribution in [0.2, 0.25) is 5.02 Å². The van der Waals surface area contributed by atoms with Gasteiger partial charge < -0.3 is 15.4 Å². The van der Waals surface area contributed by atoms with Gasteiger partial charge in [-0.25, -0.2) is 4.79 Å². The van der Waals surface area contributed by atoms with E-state index in [1.54, 1.807) is 13.2 Å². The first kappa shape index (κ1) is 20.4. The summed E-state index contributed by atoms with van der Waals surface area (Å²) in [6.07, 6.45) is -3.98. The van der Waals surface area contributed by atoms with Crippen LogP contribution in [0.3, 0.4) is 0 Å². The minimum absolute atomic E-state index is 0.0206. The molecule has 0 heterocycles. The van der Waals surface area contributed by atoms with Crippen molar-refractivity contribution in [1.82, 2.24) is 5.32 Å². The number of nitrogens with one attached hydrogen (secondary N) is 2. The lowest BCUT2D eigenvalue weighted by atomic mass is 10.1. The fourth-order valence-electron chi connectivity index (χ4n) is 2.15. The summed E-state index contributed by atoms with van der Waals surface area (Å²) in [5, 5.41) is 4.92. The standard InChI is InChI=1S/C17H15BrClF3N2O2/c1-26-15-5-2-10(8-12(15)18)6-7-23-16(25)24-14-9-11(17(20,21)22)3-4-13(14)19/h2-5,8-9H,6-7H2,1H3,(H2,23,24,25). The Morgan fingerprint density at radius 1 is 1.23 bits per heavy atom. The minimum Gasteiger partial charge on any atom is -0.496 e. The van der Waals surface area contributed by atoms with E-state index in [1.807, 2.05) is 12.1 Å². The van der Waals surface area contributed by atoms with E-state index in [1.165, 1.54) is 0 Å². The van der Waals surface area contributed by atoms with Gasteiger partial charge in [0.05, 0.1) is 27.9 Å². The number of urea groups is 1. The number of methoxy groups -OCH3 is 1. The third kappa shape index (κ3) is 5.54. The molecule has 0 fully saturated rings. The second kappa shape index (κ2) is 8.64. The number of anilines is 1. The van der Waals surface area contributed by atoms with E-state index in [2.05, 4.69) is 26.6 Å². The first-order valence-electron chi connectivity index (χ1n) is 7.44. The summed E-state index contributed by atoms with van der Waals surface area (Å²) in [5.74, 6) is 0.693. The monoisotopic (exact) mass is 450 g/mol. The van der Waals surface area contributed by atoms with E-state index in [4.69, 9.17) is 16.3 Å². The van der Waals surface area contributed by atoms with Crippen molar-refractivity contribution in [2.24, 2.45) is 0 Å². The molecule has 0 saturated heterocycles. The number of hydrogen-bond acceptors (Lipinski definition) is 2. The molecule has 0 radical (unpaired) electrons. The highest BCUT2D eigenvalue weighted by Crippen LogP contribution is 2.33. The van der Waals surface area contributed by atoms with Crippen molar-refractivity contribution in [2.75, 3.05) is 19.0 Å². The quantitative estimate of drug-likeness (QED) is 0.631. The Morgan fingerprint density at radius 2 is 1.96 bits per heavy atom. The average Bonchev–Trinajstić information content (AvgIpc) is 2.56. The molecule has 0 unspecified atom stereocenters. The third-order valence-corrected chi connectivity index (χ3v) is 4.41. The zero-order chi connectivity index (χ0) is 19.3. The number of rotatable bonds is 5. The summed E-state index contributed by atoms with van der Waals surface area (Å²) in [6, 6.07) is 7.61. The molecule has 26 heavy (non-hydrogen) atoms. The molecule has 2 amide bonds. The van der Waals surface area contributed by atoms with E-state index in [9.17, 15) is 18.0 Å². The number of amides is 2. The maximum Gasteiger partial charge on any atom is 0.416 e. The molecule has 0 aliphatic carbocycles. The van der Waals surface area contributed by atoms with Crippen molar-refractivity contribution in [2.45, 2.75) is 12.6 Å². The summed E-state index contributed by atoms with van der Waals surface area (Å²) in [5.41, 5.74) is -0.0402. The first-order chi connectivity index (χ1) is 12.2. The maximum absolute atomic E-state index is 12.7. The average molecular weight is 452 g/mol. The molecular weight excluding hydrogens is 437 g/mol. The Balaban J connectivity index is 1.92. The van der Waals surface area contributed by atoms with Crippen LogP contribution in [-0.2, 0) is 12.6 Å². The molecule has 0 aromatic heterocycles. The largest absolute Gasteiger partial charge is 0.496 e. The Labute approximate surface area is 161 Å². The molecule has 2 N–H and O–H groups in total. The van der Waals surface area contributed by atoms with Gasteiger partial charge in [-0.2, -0.15) is 13.2 Å². The molecule has 140 valence electrons. The summed E-state index contributed by atoms with van der Waals surface area (Å²) in [6.45, 7) is 0.293. The number of halogens is 5. The summed E-state index contributed by atoms with van der Waals surface area (Å²) in [4.78, 5) is 11.9. The van der Waals surface area contributed by atoms with Crippen molar-refractivity contribution >= 4 is 39.2 Å². The van der Waals surface area contributed by atoms with Crippen LogP contribution in [0.15, 0.2) is 40.9 Å². The SMILES string of the molecule is COc1ccc(CCNC(=O)Nc2cc(C(F)(F)F)ccc2Cl)cc1Br. The smallest absolute Gasteiger partial charge is 0.416 e. The minimum atomic E-state index is -4.51. The van der Waals surface area contributed by atoms with Crippen molar-refractivity contribution in [1.29, 1.82) is 0 Å². The Bertz CT molecular complexity index is 800. The molecule has 0 bridgehead atoms. The first-order valence-corrected chi connectivity index (χ1v) is 8.62. The van der Waals surface area contributed by atoms with Gasteiger partial charge in [0.1, 0.15) is 5.75 Å². The highest BCUT2D eigenvalue weighted by molar-refractivity contribution is 9.10. The van der Waals surface area contributed by atoms with Crippen LogP contribution in [0.4, 0.5) is 23.7 Å². The lowest BCUT2D eigenvalue weighted by molar-refractivity contribution is -0.137. The predicted octanol–water partition coefficient (Wildman–Crippen LogP) is 5.49. The van der Waals surface area contributed by atoms with E-state index in [0.29, 0.717) is 18.7 Å². The second-order valence-electron chi connectivity index (χ2n) is 5.29. The lowest BCUT2D eigenvalue weighted by Gasteiger charge is -2.12. The number of benzene rings is 2. The fraction of sp³-hybridized carbons (Fsp3) is 0.235. The summed E-state index contributed by atoms with van der Waals surface area (Å²) >= 11 is 9.21. The van der Waals surface area contributed by atoms with Gasteiger partial charge in [-0.05, 0) is 58.2 Å². The Kier molecular flexibility index (Phi) is 6.77. The zero-order valence-electron chi connectivity index (χ0n) is 13.6. The van der Waals surface area contributed by atoms with Crippen LogP contribution in [-0.4, -0.2) is 19.7 Å². The maximum atomic E-state index is 12.7. The molecule has 2 rings (SSSR count). The van der Waals surface area contributed by atoms with Crippen molar-refractivity contribution in [3.63, 3.8) is 0 Å². The van der Waals surface area contributed by atoms with Gasteiger partial charge in [-0.3, -0.25) is 0 Å². The second-order valence-corrected chi connectivity index (χ2v) is 6.55. The number of ether oxygens (including phenoxy) is 1. The van der Waals surface area contributed by atoms with Gasteiger partial charge >= 0.3 is 12.2 Å². The number of carbonyl (C=O) groups is 1. The Morgan fingerprint density at radius 3 is 2.58 bits per heavy atom. The zero-order valence-corrected chi connectivity index (χ0v) is 15.9. The third-order valence-electron chi connectivity index (χ3n) is 3.46. The van der Waals surface area contributed by atoms with E-state index in [-0.39, 0.29) is 10.7 Å². The molecular formula is C17H15BrClF3N2O2. The molecule has 0 atom stereocenters. The van der Waals surface area contributed by atoms with Gasteiger partial charge in [0.25, 0.3) is 0 Å². The van der Waals surface area contributed by atoms with Gasteiger partial charge in [-0.1, -0.05) is 17.7 Å². The number of carbonyl (C=O) groups excluding carboxylic acids is 1. The van der Waals surface area contributed by atoms with Gasteiger partial charge in [0.2, 0.25) is 0 Å². The fourth-order valence-corrected chi connectivity index (χ4v) is 2.90. The topological polar surface area (TPSA) is 50.4 Å². The van der Waals surface area contributed by atoms with Crippen LogP contribution in [0, 0.1) is 0 Å². The number of alkyl halides is 3. The van der Waals surface area contributed by atoms with Crippen molar-refractivity contribution in [3.8, 4) is 5.75 Å². The molecule has 2 aromatic rings. The molecule has 2 aromatic carbocycles. The highest BCUT2D eigenvalue weighted by atomic mass is 79.9. The van der Waals surface area contributed by atoms with E-state index >= 15 is 0 Å². The molecule has 0 saturated carbocycles. The van der Waals surface area contributed by atoms with Crippen LogP contribution >= 0.6 is 27.5 Å². The van der Waals surface area contributed by atoms with Crippen molar-refractivity contribution in [3.05, 3.63) is 57.0 Å². The van der Waals surface area contributed by atoms with Crippen LogP contribution in [0.25, 0.3) is 0 Å². The van der Waals surface area contributed by atoms with E-state index < -0.39 is 17.8 Å². The van der Waals surface area contributed by atoms with E-state index in [0.717, 1.165) is 28.2 Å². The highest BCUT2D eigenvalue weighted by Gasteiger charge is 2.31.